The molecule has 0 aliphatic heterocycles. The molecule has 0 unspecified atom stereocenters. The number of aromatic amines is 1. The lowest BCUT2D eigenvalue weighted by Gasteiger charge is -1.98. The van der Waals surface area contributed by atoms with Crippen molar-refractivity contribution in [3.8, 4) is 6.07 Å². The van der Waals surface area contributed by atoms with Gasteiger partial charge in [0.2, 0.25) is 0 Å². The van der Waals surface area contributed by atoms with Crippen LogP contribution in [0.3, 0.4) is 0 Å². The van der Waals surface area contributed by atoms with E-state index >= 15 is 0 Å². The standard InChI is InChI=1S/C6HBrCl2N2O/c7-5-3(8)2(1-10)4(9)6(12)11-5/h(H,11,12). The Bertz CT molecular complexity index is 421. The Balaban J connectivity index is 3.68. The van der Waals surface area contributed by atoms with Crippen molar-refractivity contribution in [2.75, 3.05) is 0 Å². The number of nitriles is 1. The van der Waals surface area contributed by atoms with Gasteiger partial charge in [-0.25, -0.2) is 0 Å². The van der Waals surface area contributed by atoms with Gasteiger partial charge in [0.25, 0.3) is 5.56 Å². The van der Waals surface area contributed by atoms with Crippen LogP contribution in [0.5, 0.6) is 0 Å². The summed E-state index contributed by atoms with van der Waals surface area (Å²) in [5.74, 6) is 0. The van der Waals surface area contributed by atoms with E-state index in [2.05, 4.69) is 20.9 Å². The summed E-state index contributed by atoms with van der Waals surface area (Å²) in [5, 5.41) is 8.48. The molecule has 0 spiro atoms. The Kier molecular flexibility index (Phi) is 2.78. The number of H-pyrrole nitrogens is 1. The number of hydrogen-bond donors (Lipinski definition) is 1. The fraction of sp³-hybridized carbons (Fsp3) is 0. The second kappa shape index (κ2) is 3.48. The molecule has 3 nitrogen and oxygen atoms in total. The van der Waals surface area contributed by atoms with E-state index in [1.807, 2.05) is 0 Å². The molecule has 0 aliphatic carbocycles. The lowest BCUT2D eigenvalue weighted by atomic mass is 10.3. The molecule has 0 fully saturated rings. The number of nitrogens with one attached hydrogen (secondary N) is 1. The average Bonchev–Trinajstić information content (AvgIpc) is 2.02. The highest BCUT2D eigenvalue weighted by Crippen LogP contribution is 2.26. The first-order valence-electron chi connectivity index (χ1n) is 2.74. The molecule has 1 aromatic heterocycles. The molecular weight excluding hydrogens is 267 g/mol. The molecule has 1 aromatic rings. The van der Waals surface area contributed by atoms with E-state index < -0.39 is 5.56 Å². The molecule has 0 radical (unpaired) electrons. The van der Waals surface area contributed by atoms with Crippen LogP contribution in [0.1, 0.15) is 5.56 Å². The number of pyridine rings is 1. The van der Waals surface area contributed by atoms with Gasteiger partial charge in [-0.2, -0.15) is 5.26 Å². The largest absolute Gasteiger partial charge is 0.314 e. The highest BCUT2D eigenvalue weighted by Gasteiger charge is 2.12. The Hall–Kier alpha value is -0.500. The van der Waals surface area contributed by atoms with Gasteiger partial charge in [-0.3, -0.25) is 4.79 Å². The molecule has 0 saturated heterocycles. The molecule has 1 heterocycles. The van der Waals surface area contributed by atoms with E-state index in [1.54, 1.807) is 6.07 Å². The van der Waals surface area contributed by atoms with Crippen molar-refractivity contribution in [3.05, 3.63) is 30.6 Å². The van der Waals surface area contributed by atoms with Gasteiger partial charge in [0.15, 0.2) is 0 Å². The number of aromatic nitrogens is 1. The predicted molar refractivity (Wildman–Crippen MR) is 49.5 cm³/mol. The van der Waals surface area contributed by atoms with Gasteiger partial charge in [0.1, 0.15) is 15.7 Å². The molecular formula is C6HBrCl2N2O. The van der Waals surface area contributed by atoms with E-state index in [4.69, 9.17) is 28.5 Å². The van der Waals surface area contributed by atoms with E-state index in [-0.39, 0.29) is 20.2 Å². The van der Waals surface area contributed by atoms with Crippen molar-refractivity contribution in [1.82, 2.24) is 4.98 Å². The molecule has 6 heteroatoms. The van der Waals surface area contributed by atoms with Gasteiger partial charge in [-0.1, -0.05) is 23.2 Å². The summed E-state index contributed by atoms with van der Waals surface area (Å²) in [6, 6.07) is 1.73. The van der Waals surface area contributed by atoms with Gasteiger partial charge in [0, 0.05) is 0 Å². The summed E-state index contributed by atoms with van der Waals surface area (Å²) in [4.78, 5) is 13.3. The van der Waals surface area contributed by atoms with Gasteiger partial charge >= 0.3 is 0 Å². The number of nitrogens with zero attached hydrogens (tertiary/aromatic N) is 1. The Morgan fingerprint density at radius 2 is 2.00 bits per heavy atom. The minimum Gasteiger partial charge on any atom is -0.314 e. The maximum absolute atomic E-state index is 10.9. The van der Waals surface area contributed by atoms with Crippen LogP contribution < -0.4 is 5.56 Å². The van der Waals surface area contributed by atoms with Crippen LogP contribution in [0.2, 0.25) is 10.0 Å². The molecule has 0 saturated carbocycles. The molecule has 0 amide bonds. The summed E-state index contributed by atoms with van der Waals surface area (Å²) in [7, 11) is 0. The van der Waals surface area contributed by atoms with Gasteiger partial charge in [-0.05, 0) is 15.9 Å². The molecule has 12 heavy (non-hydrogen) atoms. The van der Waals surface area contributed by atoms with Crippen LogP contribution in [-0.2, 0) is 0 Å². The minimum absolute atomic E-state index is 0.0195. The van der Waals surface area contributed by atoms with Crippen LogP contribution in [0, 0.1) is 11.3 Å². The maximum atomic E-state index is 10.9. The summed E-state index contributed by atoms with van der Waals surface area (Å²) in [6.07, 6.45) is 0. The third-order valence-corrected chi connectivity index (χ3v) is 2.73. The number of halogens is 3. The first kappa shape index (κ1) is 9.59. The van der Waals surface area contributed by atoms with Gasteiger partial charge in [0.05, 0.1) is 10.6 Å². The molecule has 0 atom stereocenters. The SMILES string of the molecule is N#Cc1c(Cl)c(Br)[nH]c(=O)c1Cl. The predicted octanol–water partition coefficient (Wildman–Crippen LogP) is 2.32. The van der Waals surface area contributed by atoms with Crippen molar-refractivity contribution in [3.63, 3.8) is 0 Å². The van der Waals surface area contributed by atoms with Gasteiger partial charge in [-0.15, -0.1) is 0 Å². The first-order valence-corrected chi connectivity index (χ1v) is 4.29. The molecule has 62 valence electrons. The summed E-state index contributed by atoms with van der Waals surface area (Å²) in [5.41, 5.74) is -0.557. The Morgan fingerprint density at radius 3 is 2.50 bits per heavy atom. The normalized spacial score (nSPS) is 9.50. The van der Waals surface area contributed by atoms with E-state index in [0.717, 1.165) is 0 Å². The summed E-state index contributed by atoms with van der Waals surface area (Å²) in [6.45, 7) is 0. The van der Waals surface area contributed by atoms with Crippen molar-refractivity contribution in [1.29, 1.82) is 5.26 Å². The molecule has 0 aliphatic rings. The zero-order valence-corrected chi connectivity index (χ0v) is 8.59. The lowest BCUT2D eigenvalue weighted by Crippen LogP contribution is -2.08. The molecule has 1 N–H and O–H groups in total. The van der Waals surface area contributed by atoms with Crippen LogP contribution in [-0.4, -0.2) is 4.98 Å². The van der Waals surface area contributed by atoms with E-state index in [9.17, 15) is 4.79 Å². The molecule has 0 bridgehead atoms. The lowest BCUT2D eigenvalue weighted by molar-refractivity contribution is 1.19. The van der Waals surface area contributed by atoms with Gasteiger partial charge < -0.3 is 4.98 Å². The zero-order valence-electron chi connectivity index (χ0n) is 5.49. The van der Waals surface area contributed by atoms with Crippen LogP contribution >= 0.6 is 39.1 Å². The number of rotatable bonds is 0. The maximum Gasteiger partial charge on any atom is 0.269 e. The second-order valence-electron chi connectivity index (χ2n) is 1.88. The average molecular weight is 268 g/mol. The summed E-state index contributed by atoms with van der Waals surface area (Å²) < 4.78 is 0.259. The molecule has 1 rings (SSSR count). The smallest absolute Gasteiger partial charge is 0.269 e. The Morgan fingerprint density at radius 1 is 1.42 bits per heavy atom. The zero-order chi connectivity index (χ0) is 9.30. The monoisotopic (exact) mass is 266 g/mol. The second-order valence-corrected chi connectivity index (χ2v) is 3.43. The minimum atomic E-state index is -0.538. The van der Waals surface area contributed by atoms with Crippen molar-refractivity contribution < 1.29 is 0 Å². The highest BCUT2D eigenvalue weighted by atomic mass is 79.9. The van der Waals surface area contributed by atoms with E-state index in [1.165, 1.54) is 0 Å². The topological polar surface area (TPSA) is 56.6 Å². The fourth-order valence-electron chi connectivity index (χ4n) is 0.627. The first-order chi connectivity index (χ1) is 5.57. The third-order valence-electron chi connectivity index (χ3n) is 1.17. The van der Waals surface area contributed by atoms with Crippen LogP contribution in [0.4, 0.5) is 0 Å². The van der Waals surface area contributed by atoms with E-state index in [0.29, 0.717) is 0 Å². The van der Waals surface area contributed by atoms with Crippen molar-refractivity contribution >= 4 is 39.1 Å². The van der Waals surface area contributed by atoms with Crippen LogP contribution in [0.15, 0.2) is 9.40 Å². The number of hydrogen-bond acceptors (Lipinski definition) is 2. The summed E-state index contributed by atoms with van der Waals surface area (Å²) >= 11 is 14.1. The Labute approximate surface area is 86.0 Å². The van der Waals surface area contributed by atoms with Crippen LogP contribution in [0.25, 0.3) is 0 Å². The van der Waals surface area contributed by atoms with Crippen molar-refractivity contribution in [2.45, 2.75) is 0 Å². The third kappa shape index (κ3) is 1.48. The highest BCUT2D eigenvalue weighted by molar-refractivity contribution is 9.10. The molecule has 0 aromatic carbocycles. The quantitative estimate of drug-likeness (QED) is 0.734. The fourth-order valence-corrected chi connectivity index (χ4v) is 1.42. The van der Waals surface area contributed by atoms with Crippen molar-refractivity contribution in [2.24, 2.45) is 0 Å².